The van der Waals surface area contributed by atoms with Crippen LogP contribution in [0.25, 0.3) is 10.4 Å². The monoisotopic (exact) mass is 296 g/mol. The third-order valence-electron chi connectivity index (χ3n) is 3.09. The van der Waals surface area contributed by atoms with E-state index in [0.717, 1.165) is 4.88 Å². The van der Waals surface area contributed by atoms with Crippen molar-refractivity contribution in [1.29, 1.82) is 0 Å². The Hall–Kier alpha value is -1.70. The molecule has 0 aliphatic carbocycles. The first-order valence-corrected chi connectivity index (χ1v) is 7.13. The Bertz CT molecular complexity index is 656. The number of nitrogens with zero attached hydrogens (tertiary/aromatic N) is 1. The maximum Gasteiger partial charge on any atom is 0.328 e. The lowest BCUT2D eigenvalue weighted by atomic mass is 10.1. The number of rotatable bonds is 6. The largest absolute Gasteiger partial charge is 0.396 e. The highest BCUT2D eigenvalue weighted by atomic mass is 32.1. The molecule has 2 aromatic rings. The molecule has 2 rings (SSSR count). The second-order valence-electron chi connectivity index (χ2n) is 4.49. The number of aliphatic hydroxyl groups excluding tert-OH is 2. The Morgan fingerprint density at radius 2 is 2.05 bits per heavy atom. The van der Waals surface area contributed by atoms with Crippen molar-refractivity contribution < 1.29 is 10.2 Å². The van der Waals surface area contributed by atoms with Gasteiger partial charge in [-0.2, -0.15) is 0 Å². The Labute approximate surface area is 119 Å². The third-order valence-corrected chi connectivity index (χ3v) is 4.00. The minimum atomic E-state index is -0.482. The van der Waals surface area contributed by atoms with E-state index in [-0.39, 0.29) is 19.1 Å². The van der Waals surface area contributed by atoms with Crippen molar-refractivity contribution in [3.63, 3.8) is 0 Å². The number of H-pyrrole nitrogens is 1. The molecule has 0 spiro atoms. The van der Waals surface area contributed by atoms with Crippen LogP contribution in [-0.2, 0) is 6.54 Å². The summed E-state index contributed by atoms with van der Waals surface area (Å²) in [5.74, 6) is -0.265. The van der Waals surface area contributed by atoms with Gasteiger partial charge in [-0.25, -0.2) is 4.79 Å². The van der Waals surface area contributed by atoms with Gasteiger partial charge in [-0.1, -0.05) is 6.07 Å². The normalized spacial score (nSPS) is 11.2. The fourth-order valence-electron chi connectivity index (χ4n) is 1.84. The average Bonchev–Trinajstić information content (AvgIpc) is 2.95. The zero-order chi connectivity index (χ0) is 14.5. The predicted molar refractivity (Wildman–Crippen MR) is 76.9 cm³/mol. The standard InChI is InChI=1S/C13H16N2O4S/c16-7-9(8-17)3-4-15-6-10(11-2-1-5-20-11)12(18)14-13(15)19/h1-2,5-6,9,16-17H,3-4,7-8H2,(H,14,18,19). The highest BCUT2D eigenvalue weighted by Gasteiger charge is 2.10. The molecule has 0 aromatic carbocycles. The van der Waals surface area contributed by atoms with Crippen molar-refractivity contribution in [2.75, 3.05) is 13.2 Å². The van der Waals surface area contributed by atoms with E-state index in [1.54, 1.807) is 0 Å². The molecule has 0 amide bonds. The van der Waals surface area contributed by atoms with Crippen molar-refractivity contribution in [2.45, 2.75) is 13.0 Å². The molecule has 7 heteroatoms. The molecule has 0 atom stereocenters. The maximum absolute atomic E-state index is 11.8. The molecular weight excluding hydrogens is 280 g/mol. The molecule has 0 aliphatic rings. The van der Waals surface area contributed by atoms with E-state index >= 15 is 0 Å². The molecule has 20 heavy (non-hydrogen) atoms. The SMILES string of the molecule is O=c1[nH]c(=O)n(CCC(CO)CO)cc1-c1cccs1. The van der Waals surface area contributed by atoms with E-state index in [0.29, 0.717) is 18.5 Å². The van der Waals surface area contributed by atoms with Crippen LogP contribution in [0.5, 0.6) is 0 Å². The van der Waals surface area contributed by atoms with E-state index < -0.39 is 11.2 Å². The minimum absolute atomic E-state index is 0.133. The Kier molecular flexibility index (Phi) is 4.89. The van der Waals surface area contributed by atoms with Gasteiger partial charge >= 0.3 is 5.69 Å². The number of aryl methyl sites for hydroxylation is 1. The molecule has 6 nitrogen and oxygen atoms in total. The molecule has 2 aromatic heterocycles. The molecule has 0 unspecified atom stereocenters. The molecule has 108 valence electrons. The lowest BCUT2D eigenvalue weighted by Gasteiger charge is -2.12. The highest BCUT2D eigenvalue weighted by molar-refractivity contribution is 7.13. The van der Waals surface area contributed by atoms with Gasteiger partial charge in [-0.3, -0.25) is 14.3 Å². The van der Waals surface area contributed by atoms with Gasteiger partial charge in [0, 0.05) is 36.8 Å². The second-order valence-corrected chi connectivity index (χ2v) is 5.44. The summed E-state index contributed by atoms with van der Waals surface area (Å²) in [5, 5.41) is 19.9. The summed E-state index contributed by atoms with van der Waals surface area (Å²) in [6.45, 7) is 0.0680. The van der Waals surface area contributed by atoms with Crippen LogP contribution < -0.4 is 11.2 Å². The number of aromatic nitrogens is 2. The maximum atomic E-state index is 11.8. The van der Waals surface area contributed by atoms with Crippen LogP contribution in [0, 0.1) is 5.92 Å². The second kappa shape index (κ2) is 6.65. The van der Waals surface area contributed by atoms with E-state index in [4.69, 9.17) is 10.2 Å². The van der Waals surface area contributed by atoms with Gasteiger partial charge in [0.05, 0.1) is 5.56 Å². The first-order chi connectivity index (χ1) is 9.65. The van der Waals surface area contributed by atoms with Crippen molar-refractivity contribution >= 4 is 11.3 Å². The number of thiophene rings is 1. The van der Waals surface area contributed by atoms with E-state index in [1.165, 1.54) is 22.1 Å². The van der Waals surface area contributed by atoms with Gasteiger partial charge in [-0.15, -0.1) is 11.3 Å². The molecule has 0 radical (unpaired) electrons. The first kappa shape index (κ1) is 14.7. The van der Waals surface area contributed by atoms with E-state index in [1.807, 2.05) is 17.5 Å². The molecule has 2 heterocycles. The van der Waals surface area contributed by atoms with Gasteiger partial charge in [0.1, 0.15) is 0 Å². The van der Waals surface area contributed by atoms with E-state index in [2.05, 4.69) is 4.98 Å². The molecule has 0 saturated heterocycles. The van der Waals surface area contributed by atoms with Crippen LogP contribution in [0.3, 0.4) is 0 Å². The fourth-order valence-corrected chi connectivity index (χ4v) is 2.58. The van der Waals surface area contributed by atoms with Crippen LogP contribution >= 0.6 is 11.3 Å². The molecule has 0 bridgehead atoms. The Morgan fingerprint density at radius 3 is 2.65 bits per heavy atom. The molecule has 0 fully saturated rings. The lowest BCUT2D eigenvalue weighted by molar-refractivity contribution is 0.140. The topological polar surface area (TPSA) is 95.3 Å². The molecule has 0 saturated carbocycles. The van der Waals surface area contributed by atoms with Gasteiger partial charge in [0.2, 0.25) is 0 Å². The average molecular weight is 296 g/mol. The van der Waals surface area contributed by atoms with Gasteiger partial charge in [0.15, 0.2) is 0 Å². The van der Waals surface area contributed by atoms with E-state index in [9.17, 15) is 9.59 Å². The number of aliphatic hydroxyl groups is 2. The summed E-state index contributed by atoms with van der Waals surface area (Å²) in [4.78, 5) is 26.6. The summed E-state index contributed by atoms with van der Waals surface area (Å²) in [5.41, 5.74) is -0.441. The predicted octanol–water partition coefficient (Wildman–Crippen LogP) is 0.256. The van der Waals surface area contributed by atoms with Gasteiger partial charge in [0.25, 0.3) is 5.56 Å². The molecule has 0 aliphatic heterocycles. The number of hydrogen-bond acceptors (Lipinski definition) is 5. The number of nitrogens with one attached hydrogen (secondary N) is 1. The first-order valence-electron chi connectivity index (χ1n) is 6.25. The Balaban J connectivity index is 2.28. The van der Waals surface area contributed by atoms with Crippen LogP contribution in [0.4, 0.5) is 0 Å². The molecule has 3 N–H and O–H groups in total. The van der Waals surface area contributed by atoms with Crippen molar-refractivity contribution in [3.05, 3.63) is 44.5 Å². The van der Waals surface area contributed by atoms with Crippen molar-refractivity contribution in [2.24, 2.45) is 5.92 Å². The van der Waals surface area contributed by atoms with Crippen LogP contribution in [0.15, 0.2) is 33.3 Å². The summed E-state index contributed by atoms with van der Waals surface area (Å²) >= 11 is 1.42. The van der Waals surface area contributed by atoms with Gasteiger partial charge in [-0.05, 0) is 17.9 Å². The lowest BCUT2D eigenvalue weighted by Crippen LogP contribution is -2.31. The number of aromatic amines is 1. The quantitative estimate of drug-likeness (QED) is 0.712. The van der Waals surface area contributed by atoms with Crippen molar-refractivity contribution in [3.8, 4) is 10.4 Å². The van der Waals surface area contributed by atoms with Crippen molar-refractivity contribution in [1.82, 2.24) is 9.55 Å². The fraction of sp³-hybridized carbons (Fsp3) is 0.385. The molecular formula is C13H16N2O4S. The number of hydrogen-bond donors (Lipinski definition) is 3. The summed E-state index contributed by atoms with van der Waals surface area (Å²) in [6.07, 6.45) is 1.99. The summed E-state index contributed by atoms with van der Waals surface area (Å²) in [7, 11) is 0. The van der Waals surface area contributed by atoms with Gasteiger partial charge < -0.3 is 10.2 Å². The van der Waals surface area contributed by atoms with Crippen LogP contribution in [0.1, 0.15) is 6.42 Å². The third kappa shape index (κ3) is 3.24. The smallest absolute Gasteiger partial charge is 0.328 e. The summed E-state index contributed by atoms with van der Waals surface area (Å²) < 4.78 is 1.40. The zero-order valence-electron chi connectivity index (χ0n) is 10.8. The van der Waals surface area contributed by atoms with Crippen LogP contribution in [-0.4, -0.2) is 33.0 Å². The minimum Gasteiger partial charge on any atom is -0.396 e. The van der Waals surface area contributed by atoms with Crippen LogP contribution in [0.2, 0.25) is 0 Å². The zero-order valence-corrected chi connectivity index (χ0v) is 11.6. The Morgan fingerprint density at radius 1 is 1.30 bits per heavy atom. The summed E-state index contributed by atoms with van der Waals surface area (Å²) in [6, 6.07) is 3.65. The highest BCUT2D eigenvalue weighted by Crippen LogP contribution is 2.20.